The van der Waals surface area contributed by atoms with Crippen LogP contribution in [-0.4, -0.2) is 27.8 Å². The largest absolute Gasteiger partial charge is 0.427 e. The van der Waals surface area contributed by atoms with E-state index >= 15 is 0 Å². The number of nitrogens with zero attached hydrogens (tertiary/aromatic N) is 2. The number of ether oxygens (including phenoxy) is 1. The van der Waals surface area contributed by atoms with Gasteiger partial charge in [-0.1, -0.05) is 0 Å². The minimum absolute atomic E-state index is 0.277. The lowest BCUT2D eigenvalue weighted by Gasteiger charge is -2.04. The van der Waals surface area contributed by atoms with Gasteiger partial charge in [-0.3, -0.25) is 14.7 Å². The molecule has 2 N–H and O–H groups in total. The topological polar surface area (TPSA) is 96.4 Å². The van der Waals surface area contributed by atoms with Gasteiger partial charge in [0.25, 0.3) is 5.91 Å². The van der Waals surface area contributed by atoms with Gasteiger partial charge in [-0.05, 0) is 49.7 Å². The molecule has 0 bridgehead atoms. The molecule has 0 spiro atoms. The third kappa shape index (κ3) is 4.02. The van der Waals surface area contributed by atoms with Crippen molar-refractivity contribution >= 4 is 17.6 Å². The van der Waals surface area contributed by atoms with Crippen LogP contribution in [0.4, 0.5) is 0 Å². The Morgan fingerprint density at radius 3 is 2.45 bits per heavy atom. The van der Waals surface area contributed by atoms with Crippen LogP contribution in [0.15, 0.2) is 35.4 Å². The number of hydrazone groups is 1. The monoisotopic (exact) mass is 300 g/mol. The van der Waals surface area contributed by atoms with Crippen molar-refractivity contribution in [2.24, 2.45) is 5.10 Å². The summed E-state index contributed by atoms with van der Waals surface area (Å²) >= 11 is 0. The number of H-pyrrole nitrogens is 1. The summed E-state index contributed by atoms with van der Waals surface area (Å²) in [5, 5.41) is 10.6. The van der Waals surface area contributed by atoms with Crippen LogP contribution in [0.2, 0.25) is 0 Å². The van der Waals surface area contributed by atoms with Gasteiger partial charge >= 0.3 is 5.97 Å². The molecule has 0 unspecified atom stereocenters. The van der Waals surface area contributed by atoms with Crippen molar-refractivity contribution in [1.29, 1.82) is 0 Å². The Bertz CT molecular complexity index is 717. The van der Waals surface area contributed by atoms with Crippen LogP contribution in [0, 0.1) is 6.92 Å². The second-order valence-electron chi connectivity index (χ2n) is 4.69. The van der Waals surface area contributed by atoms with Crippen LogP contribution in [0.1, 0.15) is 35.6 Å². The number of hydrogen-bond acceptors (Lipinski definition) is 5. The van der Waals surface area contributed by atoms with Crippen molar-refractivity contribution < 1.29 is 14.3 Å². The van der Waals surface area contributed by atoms with Crippen molar-refractivity contribution in [3.05, 3.63) is 47.3 Å². The van der Waals surface area contributed by atoms with Gasteiger partial charge in [-0.15, -0.1) is 0 Å². The fourth-order valence-corrected chi connectivity index (χ4v) is 1.72. The van der Waals surface area contributed by atoms with E-state index in [1.165, 1.54) is 6.92 Å². The lowest BCUT2D eigenvalue weighted by Crippen LogP contribution is -2.19. The quantitative estimate of drug-likeness (QED) is 0.389. The Morgan fingerprint density at radius 2 is 1.91 bits per heavy atom. The second-order valence-corrected chi connectivity index (χ2v) is 4.69. The SMILES string of the molecule is CC(=O)Oc1ccc(C(C)=NNC(=O)c2cc(C)[nH]n2)cc1. The van der Waals surface area contributed by atoms with Crippen LogP contribution in [0.3, 0.4) is 0 Å². The summed E-state index contributed by atoms with van der Waals surface area (Å²) in [6, 6.07) is 8.46. The van der Waals surface area contributed by atoms with Gasteiger partial charge in [0.2, 0.25) is 0 Å². The number of aryl methyl sites for hydroxylation is 1. The molecule has 1 amide bonds. The first-order chi connectivity index (χ1) is 10.5. The van der Waals surface area contributed by atoms with Gasteiger partial charge < -0.3 is 4.74 Å². The fraction of sp³-hybridized carbons (Fsp3) is 0.200. The molecule has 0 aliphatic rings. The van der Waals surface area contributed by atoms with Gasteiger partial charge in [0, 0.05) is 12.6 Å². The predicted molar refractivity (Wildman–Crippen MR) is 80.8 cm³/mol. The van der Waals surface area contributed by atoms with Gasteiger partial charge in [0.05, 0.1) is 5.71 Å². The van der Waals surface area contributed by atoms with E-state index in [4.69, 9.17) is 4.74 Å². The lowest BCUT2D eigenvalue weighted by atomic mass is 10.1. The average molecular weight is 300 g/mol. The van der Waals surface area contributed by atoms with Crippen LogP contribution in [0.5, 0.6) is 5.75 Å². The number of aromatic nitrogens is 2. The molecule has 114 valence electrons. The van der Waals surface area contributed by atoms with Gasteiger partial charge in [0.1, 0.15) is 5.75 Å². The summed E-state index contributed by atoms with van der Waals surface area (Å²) in [7, 11) is 0. The summed E-state index contributed by atoms with van der Waals surface area (Å²) in [6.45, 7) is 4.91. The molecule has 7 nitrogen and oxygen atoms in total. The van der Waals surface area contributed by atoms with E-state index in [9.17, 15) is 9.59 Å². The molecule has 0 aliphatic heterocycles. The summed E-state index contributed by atoms with van der Waals surface area (Å²) < 4.78 is 4.95. The molecular formula is C15H16N4O3. The smallest absolute Gasteiger partial charge is 0.308 e. The Morgan fingerprint density at radius 1 is 1.23 bits per heavy atom. The van der Waals surface area contributed by atoms with Gasteiger partial charge in [-0.25, -0.2) is 5.43 Å². The minimum atomic E-state index is -0.389. The number of aromatic amines is 1. The molecule has 7 heteroatoms. The number of hydrogen-bond donors (Lipinski definition) is 2. The Labute approximate surface area is 127 Å². The summed E-state index contributed by atoms with van der Waals surface area (Å²) in [6.07, 6.45) is 0. The molecule has 1 aromatic carbocycles. The number of benzene rings is 1. The lowest BCUT2D eigenvalue weighted by molar-refractivity contribution is -0.131. The third-order valence-electron chi connectivity index (χ3n) is 2.80. The van der Waals surface area contributed by atoms with Crippen molar-refractivity contribution in [3.8, 4) is 5.75 Å². The van der Waals surface area contributed by atoms with Crippen molar-refractivity contribution in [2.45, 2.75) is 20.8 Å². The molecule has 0 aliphatic carbocycles. The van der Waals surface area contributed by atoms with Gasteiger partial charge in [-0.2, -0.15) is 10.2 Å². The van der Waals surface area contributed by atoms with Gasteiger partial charge in [0.15, 0.2) is 5.69 Å². The normalized spacial score (nSPS) is 11.1. The van der Waals surface area contributed by atoms with Crippen molar-refractivity contribution in [3.63, 3.8) is 0 Å². The Hall–Kier alpha value is -2.96. The molecule has 1 heterocycles. The van der Waals surface area contributed by atoms with Crippen LogP contribution in [-0.2, 0) is 4.79 Å². The number of amides is 1. The Balaban J connectivity index is 2.02. The minimum Gasteiger partial charge on any atom is -0.427 e. The maximum atomic E-state index is 11.8. The third-order valence-corrected chi connectivity index (χ3v) is 2.80. The second kappa shape index (κ2) is 6.66. The molecule has 0 fully saturated rings. The van der Waals surface area contributed by atoms with Crippen molar-refractivity contribution in [1.82, 2.24) is 15.6 Å². The number of esters is 1. The van der Waals surface area contributed by atoms with E-state index in [2.05, 4.69) is 20.7 Å². The van der Waals surface area contributed by atoms with Crippen LogP contribution >= 0.6 is 0 Å². The van der Waals surface area contributed by atoms with Crippen molar-refractivity contribution in [2.75, 3.05) is 0 Å². The van der Waals surface area contributed by atoms with Crippen LogP contribution < -0.4 is 10.2 Å². The summed E-state index contributed by atoms with van der Waals surface area (Å²) in [5.41, 5.74) is 4.93. The standard InChI is InChI=1S/C15H16N4O3/c1-9-8-14(18-16-9)15(21)19-17-10(2)12-4-6-13(7-5-12)22-11(3)20/h4-8H,1-3H3,(H,16,18)(H,19,21). The number of rotatable bonds is 4. The zero-order valence-electron chi connectivity index (χ0n) is 12.5. The summed E-state index contributed by atoms with van der Waals surface area (Å²) in [4.78, 5) is 22.7. The van der Waals surface area contributed by atoms with E-state index in [0.29, 0.717) is 11.5 Å². The van der Waals surface area contributed by atoms with E-state index in [1.807, 2.05) is 6.92 Å². The highest BCUT2D eigenvalue weighted by Crippen LogP contribution is 2.13. The first kappa shape index (κ1) is 15.4. The molecule has 0 radical (unpaired) electrons. The van der Waals surface area contributed by atoms with Crippen LogP contribution in [0.25, 0.3) is 0 Å². The highest BCUT2D eigenvalue weighted by molar-refractivity contribution is 6.00. The van der Waals surface area contributed by atoms with E-state index in [1.54, 1.807) is 37.3 Å². The first-order valence-corrected chi connectivity index (χ1v) is 6.61. The summed E-state index contributed by atoms with van der Waals surface area (Å²) in [5.74, 6) is -0.306. The van der Waals surface area contributed by atoms with E-state index < -0.39 is 0 Å². The average Bonchev–Trinajstić information content (AvgIpc) is 2.91. The molecule has 22 heavy (non-hydrogen) atoms. The zero-order valence-corrected chi connectivity index (χ0v) is 12.5. The highest BCUT2D eigenvalue weighted by Gasteiger charge is 2.08. The highest BCUT2D eigenvalue weighted by atomic mass is 16.5. The number of carbonyl (C=O) groups excluding carboxylic acids is 2. The zero-order chi connectivity index (χ0) is 16.1. The number of carbonyl (C=O) groups is 2. The molecule has 0 saturated carbocycles. The first-order valence-electron chi connectivity index (χ1n) is 6.61. The molecule has 2 rings (SSSR count). The maximum absolute atomic E-state index is 11.8. The molecule has 0 atom stereocenters. The molecule has 1 aromatic heterocycles. The molecule has 2 aromatic rings. The fourth-order valence-electron chi connectivity index (χ4n) is 1.72. The maximum Gasteiger partial charge on any atom is 0.308 e. The predicted octanol–water partition coefficient (Wildman–Crippen LogP) is 1.80. The molecule has 0 saturated heterocycles. The number of nitrogens with one attached hydrogen (secondary N) is 2. The van der Waals surface area contributed by atoms with E-state index in [0.717, 1.165) is 11.3 Å². The van der Waals surface area contributed by atoms with E-state index in [-0.39, 0.29) is 17.6 Å². The molecular weight excluding hydrogens is 284 g/mol. The Kier molecular flexibility index (Phi) is 4.67.